The van der Waals surface area contributed by atoms with Crippen molar-refractivity contribution in [1.29, 1.82) is 0 Å². The Kier molecular flexibility index (Phi) is 6.79. The SMILES string of the molecule is CC1(c2ccccc2)NC(OCC2CCCCC2)(OC(=O)C(F)(F)F)NC1c1ccccc1. The van der Waals surface area contributed by atoms with Crippen molar-refractivity contribution < 1.29 is 27.4 Å². The summed E-state index contributed by atoms with van der Waals surface area (Å²) >= 11 is 0. The van der Waals surface area contributed by atoms with E-state index in [1.807, 2.05) is 67.6 Å². The van der Waals surface area contributed by atoms with Gasteiger partial charge in [0.2, 0.25) is 0 Å². The third-order valence-corrected chi connectivity index (χ3v) is 6.56. The maximum Gasteiger partial charge on any atom is 0.491 e. The highest BCUT2D eigenvalue weighted by atomic mass is 19.4. The van der Waals surface area contributed by atoms with Gasteiger partial charge in [0.25, 0.3) is 0 Å². The summed E-state index contributed by atoms with van der Waals surface area (Å²) in [6, 6.07) is 16.0. The molecule has 0 aromatic heterocycles. The molecule has 2 aliphatic rings. The van der Waals surface area contributed by atoms with Crippen LogP contribution in [0.1, 0.15) is 56.2 Å². The second kappa shape index (κ2) is 9.44. The molecule has 33 heavy (non-hydrogen) atoms. The molecule has 2 aromatic carbocycles. The fourth-order valence-electron chi connectivity index (χ4n) is 4.81. The number of halogens is 3. The van der Waals surface area contributed by atoms with Crippen LogP contribution in [0, 0.1) is 5.92 Å². The zero-order valence-corrected chi connectivity index (χ0v) is 18.5. The first-order valence-electron chi connectivity index (χ1n) is 11.3. The summed E-state index contributed by atoms with van der Waals surface area (Å²) in [5, 5.41) is 6.19. The molecule has 8 heteroatoms. The van der Waals surface area contributed by atoms with E-state index >= 15 is 0 Å². The molecular formula is C25H29F3N2O3. The minimum absolute atomic E-state index is 0.178. The average molecular weight is 463 g/mol. The van der Waals surface area contributed by atoms with Crippen molar-refractivity contribution in [1.82, 2.24) is 10.6 Å². The van der Waals surface area contributed by atoms with Crippen molar-refractivity contribution in [2.75, 3.05) is 6.61 Å². The number of carbonyl (C=O) groups is 1. The monoisotopic (exact) mass is 462 g/mol. The lowest BCUT2D eigenvalue weighted by atomic mass is 9.82. The van der Waals surface area contributed by atoms with E-state index in [1.165, 1.54) is 0 Å². The molecule has 2 aromatic rings. The van der Waals surface area contributed by atoms with Crippen LogP contribution in [0.3, 0.4) is 0 Å². The Morgan fingerprint density at radius 3 is 2.21 bits per heavy atom. The maximum absolute atomic E-state index is 13.2. The van der Waals surface area contributed by atoms with Gasteiger partial charge >= 0.3 is 18.2 Å². The first-order chi connectivity index (χ1) is 15.7. The Morgan fingerprint density at radius 1 is 1.00 bits per heavy atom. The molecule has 3 atom stereocenters. The van der Waals surface area contributed by atoms with Crippen molar-refractivity contribution in [3.63, 3.8) is 0 Å². The highest BCUT2D eigenvalue weighted by Crippen LogP contribution is 2.43. The van der Waals surface area contributed by atoms with Gasteiger partial charge < -0.3 is 9.47 Å². The molecular weight excluding hydrogens is 433 g/mol. The summed E-state index contributed by atoms with van der Waals surface area (Å²) < 4.78 is 50.7. The number of hydrogen-bond acceptors (Lipinski definition) is 5. The normalized spacial score (nSPS) is 28.5. The molecule has 1 aliphatic carbocycles. The Labute approximate surface area is 191 Å². The van der Waals surface area contributed by atoms with Gasteiger partial charge in [0, 0.05) is 0 Å². The van der Waals surface area contributed by atoms with Crippen LogP contribution in [-0.4, -0.2) is 24.8 Å². The average Bonchev–Trinajstić information content (AvgIpc) is 3.12. The zero-order valence-electron chi connectivity index (χ0n) is 18.5. The predicted octanol–water partition coefficient (Wildman–Crippen LogP) is 5.15. The molecule has 1 saturated carbocycles. The molecule has 0 radical (unpaired) electrons. The fraction of sp³-hybridized carbons (Fsp3) is 0.480. The van der Waals surface area contributed by atoms with Gasteiger partial charge in [0.15, 0.2) is 0 Å². The van der Waals surface area contributed by atoms with Gasteiger partial charge in [-0.2, -0.15) is 13.2 Å². The van der Waals surface area contributed by atoms with Crippen LogP contribution in [-0.2, 0) is 19.8 Å². The summed E-state index contributed by atoms with van der Waals surface area (Å²) in [5.74, 6) is -2.11. The second-order valence-corrected chi connectivity index (χ2v) is 9.00. The fourth-order valence-corrected chi connectivity index (χ4v) is 4.81. The third-order valence-electron chi connectivity index (χ3n) is 6.56. The van der Waals surface area contributed by atoms with E-state index in [2.05, 4.69) is 10.6 Å². The predicted molar refractivity (Wildman–Crippen MR) is 117 cm³/mol. The van der Waals surface area contributed by atoms with Crippen molar-refractivity contribution >= 4 is 5.97 Å². The van der Waals surface area contributed by atoms with E-state index in [9.17, 15) is 18.0 Å². The molecule has 0 bridgehead atoms. The maximum atomic E-state index is 13.2. The van der Waals surface area contributed by atoms with Gasteiger partial charge in [-0.3, -0.25) is 0 Å². The molecule has 1 aliphatic heterocycles. The van der Waals surface area contributed by atoms with Crippen LogP contribution >= 0.6 is 0 Å². The zero-order chi connectivity index (χ0) is 23.5. The molecule has 0 amide bonds. The van der Waals surface area contributed by atoms with Crippen molar-refractivity contribution in [2.24, 2.45) is 5.92 Å². The van der Waals surface area contributed by atoms with Crippen LogP contribution in [0.4, 0.5) is 13.2 Å². The minimum atomic E-state index is -5.15. The van der Waals surface area contributed by atoms with E-state index in [0.717, 1.165) is 43.2 Å². The Balaban J connectivity index is 1.70. The number of rotatable bonds is 6. The van der Waals surface area contributed by atoms with E-state index in [4.69, 9.17) is 9.47 Å². The first-order valence-corrected chi connectivity index (χ1v) is 11.3. The molecule has 4 rings (SSSR count). The highest BCUT2D eigenvalue weighted by Gasteiger charge is 2.58. The molecule has 1 heterocycles. The van der Waals surface area contributed by atoms with E-state index in [-0.39, 0.29) is 12.5 Å². The standard InChI is InChI=1S/C25H29F3N2O3/c1-23(20-15-9-4-10-16-20)21(19-13-7-3-8-14-19)29-25(30-23,33-22(31)24(26,27)28)32-17-18-11-5-2-6-12-18/h3-4,7-10,13-16,18,21,29-30H,2,5-6,11-12,17H2,1H3. The largest absolute Gasteiger partial charge is 0.491 e. The van der Waals surface area contributed by atoms with Crippen LogP contribution in [0.25, 0.3) is 0 Å². The lowest BCUT2D eigenvalue weighted by Gasteiger charge is -2.34. The van der Waals surface area contributed by atoms with Crippen molar-refractivity contribution in [3.05, 3.63) is 71.8 Å². The smallest absolute Gasteiger partial charge is 0.398 e. The van der Waals surface area contributed by atoms with Crippen LogP contribution in [0.2, 0.25) is 0 Å². The molecule has 178 valence electrons. The topological polar surface area (TPSA) is 59.6 Å². The Hall–Kier alpha value is -2.42. The van der Waals surface area contributed by atoms with Crippen LogP contribution in [0.15, 0.2) is 60.7 Å². The lowest BCUT2D eigenvalue weighted by molar-refractivity contribution is -0.283. The number of hydrogen-bond donors (Lipinski definition) is 2. The number of carbonyl (C=O) groups excluding carboxylic acids is 1. The summed E-state index contributed by atoms with van der Waals surface area (Å²) in [4.78, 5) is 12.0. The number of nitrogens with one attached hydrogen (secondary N) is 2. The van der Waals surface area contributed by atoms with E-state index in [1.54, 1.807) is 0 Å². The molecule has 3 unspecified atom stereocenters. The van der Waals surface area contributed by atoms with Crippen molar-refractivity contribution in [2.45, 2.75) is 62.8 Å². The Bertz CT molecular complexity index is 935. The van der Waals surface area contributed by atoms with E-state index in [0.29, 0.717) is 0 Å². The Morgan fingerprint density at radius 2 is 1.61 bits per heavy atom. The van der Waals surface area contributed by atoms with Gasteiger partial charge in [-0.05, 0) is 36.8 Å². The summed E-state index contributed by atoms with van der Waals surface area (Å²) in [7, 11) is 0. The van der Waals surface area contributed by atoms with Gasteiger partial charge in [-0.25, -0.2) is 15.4 Å². The molecule has 2 fully saturated rings. The third kappa shape index (κ3) is 5.23. The number of ether oxygens (including phenoxy) is 2. The quantitative estimate of drug-likeness (QED) is 0.459. The second-order valence-electron chi connectivity index (χ2n) is 9.00. The summed E-state index contributed by atoms with van der Waals surface area (Å²) in [6.07, 6.45) is -0.0399. The number of esters is 1. The minimum Gasteiger partial charge on any atom is -0.398 e. The van der Waals surface area contributed by atoms with Gasteiger partial charge in [-0.15, -0.1) is 0 Å². The first kappa shape index (κ1) is 23.7. The molecule has 2 N–H and O–H groups in total. The lowest BCUT2D eigenvalue weighted by Crippen LogP contribution is -2.59. The van der Waals surface area contributed by atoms with Gasteiger partial charge in [0.05, 0.1) is 18.2 Å². The van der Waals surface area contributed by atoms with Gasteiger partial charge in [-0.1, -0.05) is 79.9 Å². The molecule has 0 spiro atoms. The van der Waals surface area contributed by atoms with Crippen LogP contribution in [0.5, 0.6) is 0 Å². The summed E-state index contributed by atoms with van der Waals surface area (Å²) in [6.45, 7) is 2.04. The van der Waals surface area contributed by atoms with Crippen LogP contribution < -0.4 is 10.6 Å². The molecule has 5 nitrogen and oxygen atoms in total. The molecule has 1 saturated heterocycles. The van der Waals surface area contributed by atoms with Crippen molar-refractivity contribution in [3.8, 4) is 0 Å². The number of alkyl halides is 3. The van der Waals surface area contributed by atoms with Gasteiger partial charge in [0.1, 0.15) is 0 Å². The highest BCUT2D eigenvalue weighted by molar-refractivity contribution is 5.76. The summed E-state index contributed by atoms with van der Waals surface area (Å²) in [5.41, 5.74) is 0.709. The number of benzene rings is 2. The van der Waals surface area contributed by atoms with E-state index < -0.39 is 29.8 Å².